The lowest BCUT2D eigenvalue weighted by molar-refractivity contribution is -0.138. The molecule has 1 saturated heterocycles. The molecule has 6 heteroatoms. The topological polar surface area (TPSA) is 94.9 Å². The third-order valence-corrected chi connectivity index (χ3v) is 4.11. The Labute approximate surface area is 138 Å². The van der Waals surface area contributed by atoms with Gasteiger partial charge in [-0.15, -0.1) is 0 Å². The van der Waals surface area contributed by atoms with Crippen LogP contribution in [0.4, 0.5) is 5.69 Å². The third kappa shape index (κ3) is 2.52. The second kappa shape index (κ2) is 5.81. The number of benzene rings is 2. The molecule has 2 N–H and O–H groups in total. The van der Waals surface area contributed by atoms with E-state index in [0.717, 1.165) is 0 Å². The smallest absolute Gasteiger partial charge is 0.295 e. The van der Waals surface area contributed by atoms with E-state index in [2.05, 4.69) is 0 Å². The van der Waals surface area contributed by atoms with Crippen molar-refractivity contribution in [1.82, 2.24) is 0 Å². The van der Waals surface area contributed by atoms with Crippen molar-refractivity contribution in [3.05, 3.63) is 54.1 Å². The number of carbonyl (C=O) groups is 3. The Morgan fingerprint density at radius 3 is 1.92 bits per heavy atom. The van der Waals surface area contributed by atoms with Crippen molar-refractivity contribution in [3.63, 3.8) is 0 Å². The summed E-state index contributed by atoms with van der Waals surface area (Å²) in [5.74, 6) is -2.94. The predicted molar refractivity (Wildman–Crippen MR) is 85.6 cm³/mol. The van der Waals surface area contributed by atoms with Gasteiger partial charge in [0, 0.05) is 5.69 Å². The molecule has 0 spiro atoms. The average Bonchev–Trinajstić information content (AvgIpc) is 2.81. The van der Waals surface area contributed by atoms with Crippen molar-refractivity contribution < 1.29 is 24.6 Å². The van der Waals surface area contributed by atoms with Gasteiger partial charge in [0.15, 0.2) is 0 Å². The van der Waals surface area contributed by atoms with Gasteiger partial charge in [0.1, 0.15) is 23.2 Å². The highest BCUT2D eigenvalue weighted by molar-refractivity contribution is 6.48. The fourth-order valence-corrected chi connectivity index (χ4v) is 2.98. The van der Waals surface area contributed by atoms with Crippen molar-refractivity contribution in [3.8, 4) is 11.5 Å². The third-order valence-electron chi connectivity index (χ3n) is 4.11. The summed E-state index contributed by atoms with van der Waals surface area (Å²) in [6.07, 6.45) is 0. The number of nitrogens with zero attached hydrogens (tertiary/aromatic N) is 1. The second-order valence-corrected chi connectivity index (χ2v) is 5.68. The van der Waals surface area contributed by atoms with Crippen LogP contribution in [0.15, 0.2) is 48.5 Å². The summed E-state index contributed by atoms with van der Waals surface area (Å²) in [5.41, 5.74) is 0.980. The first-order valence-electron chi connectivity index (χ1n) is 7.36. The van der Waals surface area contributed by atoms with Gasteiger partial charge in [-0.2, -0.15) is 0 Å². The van der Waals surface area contributed by atoms with Crippen molar-refractivity contribution in [2.75, 3.05) is 4.90 Å². The quantitative estimate of drug-likeness (QED) is 0.664. The molecular formula is C18H15NO5. The van der Waals surface area contributed by atoms with Crippen LogP contribution in [-0.4, -0.2) is 27.7 Å². The van der Waals surface area contributed by atoms with Crippen molar-refractivity contribution in [2.45, 2.75) is 13.0 Å². The first kappa shape index (κ1) is 15.7. The lowest BCUT2D eigenvalue weighted by Gasteiger charge is -2.27. The minimum absolute atomic E-state index is 0.0287. The van der Waals surface area contributed by atoms with E-state index in [4.69, 9.17) is 0 Å². The highest BCUT2D eigenvalue weighted by Gasteiger charge is 2.50. The summed E-state index contributed by atoms with van der Waals surface area (Å²) in [7, 11) is 0. The monoisotopic (exact) mass is 325 g/mol. The van der Waals surface area contributed by atoms with Gasteiger partial charge in [-0.1, -0.05) is 12.1 Å². The summed E-state index contributed by atoms with van der Waals surface area (Å²) >= 11 is 0. The second-order valence-electron chi connectivity index (χ2n) is 5.68. The van der Waals surface area contributed by atoms with Crippen molar-refractivity contribution in [2.24, 2.45) is 5.92 Å². The summed E-state index contributed by atoms with van der Waals surface area (Å²) in [5, 5.41) is 18.9. The maximum atomic E-state index is 12.5. The van der Waals surface area contributed by atoms with Crippen LogP contribution >= 0.6 is 0 Å². The van der Waals surface area contributed by atoms with E-state index in [1.165, 1.54) is 48.2 Å². The maximum Gasteiger partial charge on any atom is 0.295 e. The number of Topliss-reactive ketones (excluding diaryl/α,β-unsaturated/α-hetero) is 2. The molecule has 0 bridgehead atoms. The van der Waals surface area contributed by atoms with Gasteiger partial charge in [0.2, 0.25) is 5.78 Å². The lowest BCUT2D eigenvalue weighted by atomic mass is 9.90. The van der Waals surface area contributed by atoms with Gasteiger partial charge in [-0.25, -0.2) is 0 Å². The number of anilines is 1. The van der Waals surface area contributed by atoms with E-state index in [9.17, 15) is 24.6 Å². The maximum absolute atomic E-state index is 12.5. The van der Waals surface area contributed by atoms with Crippen LogP contribution in [0.2, 0.25) is 0 Å². The molecule has 0 aliphatic carbocycles. The number of phenolic OH excluding ortho intramolecular Hbond substituents is 2. The highest BCUT2D eigenvalue weighted by Crippen LogP contribution is 2.40. The molecule has 2 aromatic rings. The van der Waals surface area contributed by atoms with E-state index < -0.39 is 29.4 Å². The zero-order valence-electron chi connectivity index (χ0n) is 12.8. The Morgan fingerprint density at radius 2 is 1.42 bits per heavy atom. The van der Waals surface area contributed by atoms with Gasteiger partial charge >= 0.3 is 0 Å². The molecule has 0 saturated carbocycles. The average molecular weight is 325 g/mol. The Kier molecular flexibility index (Phi) is 3.81. The molecule has 1 amide bonds. The van der Waals surface area contributed by atoms with E-state index >= 15 is 0 Å². The number of phenols is 2. The van der Waals surface area contributed by atoms with Crippen LogP contribution in [0.3, 0.4) is 0 Å². The summed E-state index contributed by atoms with van der Waals surface area (Å²) in [6, 6.07) is 11.1. The number of carbonyl (C=O) groups excluding carboxylic acids is 3. The standard InChI is InChI=1S/C18H15NO5/c1-10(20)15-16(11-2-6-13(21)7-3-11)19(18(24)17(15)23)12-4-8-14(22)9-5-12/h2-9,15-16,21-22H,1H3. The summed E-state index contributed by atoms with van der Waals surface area (Å²) in [6.45, 7) is 1.28. The minimum Gasteiger partial charge on any atom is -0.508 e. The molecule has 122 valence electrons. The predicted octanol–water partition coefficient (Wildman–Crippen LogP) is 1.96. The number of hydrogen-bond donors (Lipinski definition) is 2. The fourth-order valence-electron chi connectivity index (χ4n) is 2.98. The molecule has 2 atom stereocenters. The van der Waals surface area contributed by atoms with Gasteiger partial charge in [0.05, 0.1) is 6.04 Å². The molecule has 0 aromatic heterocycles. The van der Waals surface area contributed by atoms with Crippen molar-refractivity contribution >= 4 is 23.2 Å². The highest BCUT2D eigenvalue weighted by atomic mass is 16.3. The van der Waals surface area contributed by atoms with E-state index in [-0.39, 0.29) is 11.5 Å². The van der Waals surface area contributed by atoms with Crippen LogP contribution in [0, 0.1) is 5.92 Å². The van der Waals surface area contributed by atoms with E-state index in [1.54, 1.807) is 12.1 Å². The number of ketones is 2. The van der Waals surface area contributed by atoms with Crippen LogP contribution in [0.25, 0.3) is 0 Å². The number of aromatic hydroxyl groups is 2. The van der Waals surface area contributed by atoms with Crippen LogP contribution in [-0.2, 0) is 14.4 Å². The molecule has 2 unspecified atom stereocenters. The zero-order valence-corrected chi connectivity index (χ0v) is 12.8. The van der Waals surface area contributed by atoms with Gasteiger partial charge in [0.25, 0.3) is 5.91 Å². The van der Waals surface area contributed by atoms with Gasteiger partial charge < -0.3 is 10.2 Å². The van der Waals surface area contributed by atoms with E-state index in [1.807, 2.05) is 0 Å². The van der Waals surface area contributed by atoms with Crippen LogP contribution in [0.1, 0.15) is 18.5 Å². The Balaban J connectivity index is 2.14. The van der Waals surface area contributed by atoms with Crippen LogP contribution < -0.4 is 4.90 Å². The molecule has 1 heterocycles. The Bertz CT molecular complexity index is 810. The van der Waals surface area contributed by atoms with Crippen molar-refractivity contribution in [1.29, 1.82) is 0 Å². The number of amides is 1. The summed E-state index contributed by atoms with van der Waals surface area (Å²) < 4.78 is 0. The first-order valence-corrected chi connectivity index (χ1v) is 7.36. The Morgan fingerprint density at radius 1 is 0.917 bits per heavy atom. The van der Waals surface area contributed by atoms with Crippen LogP contribution in [0.5, 0.6) is 11.5 Å². The largest absolute Gasteiger partial charge is 0.508 e. The molecule has 1 fully saturated rings. The Hall–Kier alpha value is -3.15. The zero-order chi connectivity index (χ0) is 17.4. The molecule has 0 radical (unpaired) electrons. The first-order chi connectivity index (χ1) is 11.4. The molecule has 24 heavy (non-hydrogen) atoms. The molecule has 1 aliphatic heterocycles. The molecule has 6 nitrogen and oxygen atoms in total. The number of rotatable bonds is 3. The SMILES string of the molecule is CC(=O)C1C(=O)C(=O)N(c2ccc(O)cc2)C1c1ccc(O)cc1. The lowest BCUT2D eigenvalue weighted by Crippen LogP contribution is -2.30. The minimum atomic E-state index is -1.10. The van der Waals surface area contributed by atoms with E-state index in [0.29, 0.717) is 11.3 Å². The van der Waals surface area contributed by atoms with Gasteiger partial charge in [-0.05, 0) is 48.9 Å². The fraction of sp³-hybridized carbons (Fsp3) is 0.167. The van der Waals surface area contributed by atoms with Gasteiger partial charge in [-0.3, -0.25) is 19.3 Å². The summed E-state index contributed by atoms with van der Waals surface area (Å²) in [4.78, 5) is 38.1. The molecular weight excluding hydrogens is 310 g/mol. The normalized spacial score (nSPS) is 20.5. The number of hydrogen-bond acceptors (Lipinski definition) is 5. The molecule has 1 aliphatic rings. The molecule has 3 rings (SSSR count). The molecule has 2 aromatic carbocycles.